The summed E-state index contributed by atoms with van der Waals surface area (Å²) in [4.78, 5) is 18.4. The second-order valence-electron chi connectivity index (χ2n) is 6.02. The molecule has 1 unspecified atom stereocenters. The molecule has 2 aliphatic heterocycles. The number of para-hydroxylation sites is 1. The third kappa shape index (κ3) is 3.63. The van der Waals surface area contributed by atoms with Crippen molar-refractivity contribution in [3.8, 4) is 0 Å². The van der Waals surface area contributed by atoms with E-state index in [0.717, 1.165) is 12.0 Å². The van der Waals surface area contributed by atoms with Crippen molar-refractivity contribution < 1.29 is 13.2 Å². The molecule has 1 N–H and O–H groups in total. The van der Waals surface area contributed by atoms with Crippen LogP contribution in [0.3, 0.4) is 0 Å². The molecule has 7 nitrogen and oxygen atoms in total. The van der Waals surface area contributed by atoms with Crippen molar-refractivity contribution >= 4 is 33.2 Å². The molecule has 1 aromatic carbocycles. The van der Waals surface area contributed by atoms with Crippen molar-refractivity contribution in [2.45, 2.75) is 26.2 Å². The summed E-state index contributed by atoms with van der Waals surface area (Å²) in [7, 11) is -3.57. The highest BCUT2D eigenvalue weighted by molar-refractivity contribution is 7.90. The lowest BCUT2D eigenvalue weighted by Crippen LogP contribution is -2.46. The Balaban J connectivity index is 1.91. The Morgan fingerprint density at radius 2 is 2.12 bits per heavy atom. The van der Waals surface area contributed by atoms with Gasteiger partial charge in [0.1, 0.15) is 0 Å². The molecule has 1 aromatic rings. The van der Waals surface area contributed by atoms with E-state index in [2.05, 4.69) is 28.6 Å². The van der Waals surface area contributed by atoms with Gasteiger partial charge in [-0.15, -0.1) is 4.40 Å². The maximum Gasteiger partial charge on any atom is 0.278 e. The number of anilines is 1. The lowest BCUT2D eigenvalue weighted by atomic mass is 9.97. The Kier molecular flexibility index (Phi) is 4.71. The summed E-state index contributed by atoms with van der Waals surface area (Å²) in [6.45, 7) is 4.43. The highest BCUT2D eigenvalue weighted by Crippen LogP contribution is 2.26. The van der Waals surface area contributed by atoms with E-state index in [4.69, 9.17) is 0 Å². The fourth-order valence-corrected chi connectivity index (χ4v) is 3.70. The van der Waals surface area contributed by atoms with Gasteiger partial charge in [0.25, 0.3) is 15.9 Å². The second kappa shape index (κ2) is 6.79. The van der Waals surface area contributed by atoms with E-state index in [-0.39, 0.29) is 29.8 Å². The van der Waals surface area contributed by atoms with Crippen LogP contribution >= 0.6 is 0 Å². The van der Waals surface area contributed by atoms with Gasteiger partial charge in [0.05, 0.1) is 5.75 Å². The van der Waals surface area contributed by atoms with Crippen LogP contribution in [-0.4, -0.2) is 43.1 Å². The molecule has 8 heteroatoms. The minimum absolute atomic E-state index is 0.00438. The smallest absolute Gasteiger partial charge is 0.278 e. The highest BCUT2D eigenvalue weighted by atomic mass is 32.2. The number of fused-ring (bicyclic) bond motifs is 1. The zero-order chi connectivity index (χ0) is 18.0. The van der Waals surface area contributed by atoms with E-state index in [9.17, 15) is 13.2 Å². The zero-order valence-electron chi connectivity index (χ0n) is 14.1. The van der Waals surface area contributed by atoms with Crippen LogP contribution in [0, 0.1) is 0 Å². The molecule has 3 rings (SSSR count). The highest BCUT2D eigenvalue weighted by Gasteiger charge is 2.31. The second-order valence-corrected chi connectivity index (χ2v) is 7.78. The summed E-state index contributed by atoms with van der Waals surface area (Å²) in [5.41, 5.74) is 1.73. The number of nitrogens with zero attached hydrogens (tertiary/aromatic N) is 3. The van der Waals surface area contributed by atoms with E-state index >= 15 is 0 Å². The van der Waals surface area contributed by atoms with Crippen molar-refractivity contribution in [2.75, 3.05) is 17.6 Å². The number of carbonyl (C=O) groups is 1. The normalized spacial score (nSPS) is 19.5. The quantitative estimate of drug-likeness (QED) is 0.890. The number of amidine groups is 1. The number of carbonyl (C=O) groups excluding carboxylic acids is 1. The van der Waals surface area contributed by atoms with Crippen LogP contribution in [0.4, 0.5) is 5.69 Å². The molecule has 0 fully saturated rings. The molecule has 2 aliphatic rings. The number of nitrogens with one attached hydrogen (secondary N) is 1. The molecular weight excluding hydrogens is 340 g/mol. The first-order valence-corrected chi connectivity index (χ1v) is 9.76. The van der Waals surface area contributed by atoms with E-state index in [0.29, 0.717) is 5.69 Å². The lowest BCUT2D eigenvalue weighted by Gasteiger charge is -2.27. The predicted octanol–water partition coefficient (Wildman–Crippen LogP) is 2.11. The third-order valence-electron chi connectivity index (χ3n) is 4.32. The van der Waals surface area contributed by atoms with Gasteiger partial charge in [-0.3, -0.25) is 4.79 Å². The lowest BCUT2D eigenvalue weighted by molar-refractivity contribution is -0.110. The van der Waals surface area contributed by atoms with Crippen LogP contribution in [0.15, 0.2) is 46.1 Å². The molecule has 25 heavy (non-hydrogen) atoms. The fourth-order valence-electron chi connectivity index (χ4n) is 2.72. The molecule has 0 saturated heterocycles. The third-order valence-corrected chi connectivity index (χ3v) is 5.47. The topological polar surface area (TPSA) is 91.2 Å². The van der Waals surface area contributed by atoms with Gasteiger partial charge in [0.15, 0.2) is 11.5 Å². The van der Waals surface area contributed by atoms with E-state index in [1.54, 1.807) is 11.1 Å². The van der Waals surface area contributed by atoms with Gasteiger partial charge >= 0.3 is 0 Å². The van der Waals surface area contributed by atoms with E-state index in [1.807, 2.05) is 24.3 Å². The van der Waals surface area contributed by atoms with Gasteiger partial charge in [-0.25, -0.2) is 13.4 Å². The van der Waals surface area contributed by atoms with Crippen molar-refractivity contribution in [3.63, 3.8) is 0 Å². The monoisotopic (exact) mass is 360 g/mol. The Morgan fingerprint density at radius 3 is 2.88 bits per heavy atom. The number of hydrogen-bond acceptors (Lipinski definition) is 5. The molecule has 0 bridgehead atoms. The Morgan fingerprint density at radius 1 is 1.36 bits per heavy atom. The largest absolute Gasteiger partial charge is 0.328 e. The Bertz CT molecular complexity index is 887. The van der Waals surface area contributed by atoms with Gasteiger partial charge in [-0.05, 0) is 24.0 Å². The average Bonchev–Trinajstić information content (AvgIpc) is 2.60. The Labute approximate surface area is 147 Å². The van der Waals surface area contributed by atoms with Crippen molar-refractivity contribution in [1.82, 2.24) is 4.90 Å². The number of aliphatic imine (C=N–C) groups is 1. The minimum Gasteiger partial charge on any atom is -0.328 e. The fraction of sp³-hybridized carbons (Fsp3) is 0.353. The zero-order valence-corrected chi connectivity index (χ0v) is 15.0. The standard InChI is InChI=1S/C17H20N4O3S/c1-3-12(2)13-6-4-5-7-14(13)19-17(22)15-16-20-25(23,24)11-10-21(16)9-8-18-15/h4-9,12H,3,10-11H2,1-2H3,(H,19,22). The predicted molar refractivity (Wildman–Crippen MR) is 98.3 cm³/mol. The number of hydrogen-bond donors (Lipinski definition) is 1. The molecule has 1 amide bonds. The van der Waals surface area contributed by atoms with Crippen molar-refractivity contribution in [1.29, 1.82) is 0 Å². The molecule has 132 valence electrons. The van der Waals surface area contributed by atoms with Gasteiger partial charge in [0, 0.05) is 24.6 Å². The molecule has 2 heterocycles. The maximum absolute atomic E-state index is 12.7. The average molecular weight is 360 g/mol. The van der Waals surface area contributed by atoms with Crippen LogP contribution in [0.25, 0.3) is 0 Å². The van der Waals surface area contributed by atoms with Gasteiger partial charge in [0.2, 0.25) is 0 Å². The molecular formula is C17H20N4O3S. The molecule has 0 saturated carbocycles. The summed E-state index contributed by atoms with van der Waals surface area (Å²) < 4.78 is 27.3. The molecule has 0 aromatic heterocycles. The Hall–Kier alpha value is -2.48. The molecule has 0 aliphatic carbocycles. The summed E-state index contributed by atoms with van der Waals surface area (Å²) in [5, 5.41) is 2.85. The molecule has 0 spiro atoms. The van der Waals surface area contributed by atoms with Crippen molar-refractivity contribution in [3.05, 3.63) is 42.2 Å². The van der Waals surface area contributed by atoms with Crippen LogP contribution in [0.2, 0.25) is 0 Å². The number of benzene rings is 1. The van der Waals surface area contributed by atoms with Gasteiger partial charge < -0.3 is 10.2 Å². The maximum atomic E-state index is 12.7. The first-order chi connectivity index (χ1) is 11.9. The first-order valence-electron chi connectivity index (χ1n) is 8.15. The number of amides is 1. The van der Waals surface area contributed by atoms with E-state index in [1.165, 1.54) is 6.20 Å². The summed E-state index contributed by atoms with van der Waals surface area (Å²) in [6, 6.07) is 7.58. The minimum atomic E-state index is -3.57. The van der Waals surface area contributed by atoms with Crippen LogP contribution in [-0.2, 0) is 14.8 Å². The number of sulfonamides is 1. The summed E-state index contributed by atoms with van der Waals surface area (Å²) in [6.07, 6.45) is 4.04. The summed E-state index contributed by atoms with van der Waals surface area (Å²) >= 11 is 0. The molecule has 1 atom stereocenters. The number of rotatable bonds is 4. The van der Waals surface area contributed by atoms with Crippen LogP contribution in [0.5, 0.6) is 0 Å². The van der Waals surface area contributed by atoms with Crippen LogP contribution < -0.4 is 5.32 Å². The molecule has 0 radical (unpaired) electrons. The summed E-state index contributed by atoms with van der Waals surface area (Å²) in [5.74, 6) is -0.186. The van der Waals surface area contributed by atoms with E-state index < -0.39 is 15.9 Å². The first kappa shape index (κ1) is 17.3. The van der Waals surface area contributed by atoms with Crippen molar-refractivity contribution in [2.24, 2.45) is 9.39 Å². The van der Waals surface area contributed by atoms with Gasteiger partial charge in [-0.1, -0.05) is 32.0 Å². The van der Waals surface area contributed by atoms with Crippen LogP contribution in [0.1, 0.15) is 31.7 Å². The SMILES string of the molecule is CCC(C)c1ccccc1NC(=O)C1=NC=CN2CCS(=O)(=O)N=C12. The van der Waals surface area contributed by atoms with Gasteiger partial charge in [-0.2, -0.15) is 0 Å².